The van der Waals surface area contributed by atoms with E-state index in [9.17, 15) is 4.79 Å². The fraction of sp³-hybridized carbons (Fsp3) is 0.636. The Morgan fingerprint density at radius 3 is 2.80 bits per heavy atom. The minimum Gasteiger partial charge on any atom is -0.292 e. The second-order valence-electron chi connectivity index (χ2n) is 4.01. The van der Waals surface area contributed by atoms with Crippen molar-refractivity contribution >= 4 is 17.4 Å². The predicted molar refractivity (Wildman–Crippen MR) is 61.3 cm³/mol. The van der Waals surface area contributed by atoms with Gasteiger partial charge in [-0.1, -0.05) is 25.4 Å². The van der Waals surface area contributed by atoms with Gasteiger partial charge in [0.25, 0.3) is 0 Å². The molecular formula is C11H17ClN2O. The van der Waals surface area contributed by atoms with Gasteiger partial charge in [0.05, 0.1) is 11.2 Å². The van der Waals surface area contributed by atoms with Crippen LogP contribution < -0.4 is 0 Å². The molecule has 0 aromatic carbocycles. The number of rotatable bonds is 5. The Labute approximate surface area is 95.4 Å². The van der Waals surface area contributed by atoms with Crippen LogP contribution in [0.25, 0.3) is 0 Å². The van der Waals surface area contributed by atoms with Gasteiger partial charge in [-0.15, -0.1) is 0 Å². The Hall–Kier alpha value is -0.830. The Kier molecular flexibility index (Phi) is 4.33. The van der Waals surface area contributed by atoms with Gasteiger partial charge < -0.3 is 0 Å². The van der Waals surface area contributed by atoms with E-state index in [1.807, 2.05) is 6.92 Å². The smallest absolute Gasteiger partial charge is 0.182 e. The number of carbonyl (C=O) groups is 1. The molecule has 0 spiro atoms. The van der Waals surface area contributed by atoms with E-state index in [0.717, 1.165) is 6.42 Å². The van der Waals surface area contributed by atoms with Crippen LogP contribution in [0.3, 0.4) is 0 Å². The Balaban J connectivity index is 2.76. The molecule has 0 radical (unpaired) electrons. The van der Waals surface area contributed by atoms with E-state index in [4.69, 9.17) is 11.6 Å². The first-order chi connectivity index (χ1) is 7.06. The van der Waals surface area contributed by atoms with Crippen LogP contribution in [0.15, 0.2) is 6.20 Å². The van der Waals surface area contributed by atoms with Gasteiger partial charge in [0.2, 0.25) is 0 Å². The molecule has 0 atom stereocenters. The summed E-state index contributed by atoms with van der Waals surface area (Å²) in [5, 5.41) is 4.51. The summed E-state index contributed by atoms with van der Waals surface area (Å²) >= 11 is 5.93. The van der Waals surface area contributed by atoms with Crippen LogP contribution in [0.2, 0.25) is 5.02 Å². The number of carbonyl (C=O) groups excluding carboxylic acids is 1. The fourth-order valence-electron chi connectivity index (χ4n) is 1.42. The van der Waals surface area contributed by atoms with Crippen molar-refractivity contribution in [1.29, 1.82) is 0 Å². The molecule has 1 heterocycles. The van der Waals surface area contributed by atoms with E-state index in [2.05, 4.69) is 18.9 Å². The van der Waals surface area contributed by atoms with Crippen LogP contribution in [0.4, 0.5) is 0 Å². The van der Waals surface area contributed by atoms with E-state index in [0.29, 0.717) is 29.6 Å². The van der Waals surface area contributed by atoms with Crippen molar-refractivity contribution in [2.45, 2.75) is 40.2 Å². The first kappa shape index (κ1) is 12.2. The highest BCUT2D eigenvalue weighted by Gasteiger charge is 2.16. The zero-order valence-electron chi connectivity index (χ0n) is 9.46. The topological polar surface area (TPSA) is 34.9 Å². The summed E-state index contributed by atoms with van der Waals surface area (Å²) in [5.74, 6) is 0.624. The monoisotopic (exact) mass is 228 g/mol. The van der Waals surface area contributed by atoms with Gasteiger partial charge in [0, 0.05) is 13.0 Å². The van der Waals surface area contributed by atoms with Crippen molar-refractivity contribution in [2.75, 3.05) is 0 Å². The summed E-state index contributed by atoms with van der Waals surface area (Å²) in [6.45, 7) is 6.83. The van der Waals surface area contributed by atoms with Gasteiger partial charge in [-0.2, -0.15) is 5.10 Å². The molecule has 0 aliphatic heterocycles. The van der Waals surface area contributed by atoms with Crippen LogP contribution in [0.5, 0.6) is 0 Å². The molecular weight excluding hydrogens is 212 g/mol. The van der Waals surface area contributed by atoms with Gasteiger partial charge in [0.1, 0.15) is 5.69 Å². The highest BCUT2D eigenvalue weighted by Crippen LogP contribution is 2.18. The lowest BCUT2D eigenvalue weighted by atomic mass is 10.0. The molecule has 1 rings (SSSR count). The summed E-state index contributed by atoms with van der Waals surface area (Å²) in [6.07, 6.45) is 2.97. The van der Waals surface area contributed by atoms with Crippen molar-refractivity contribution in [3.8, 4) is 0 Å². The second-order valence-corrected chi connectivity index (χ2v) is 4.42. The highest BCUT2D eigenvalue weighted by molar-refractivity contribution is 6.33. The van der Waals surface area contributed by atoms with E-state index in [-0.39, 0.29) is 5.78 Å². The molecule has 4 heteroatoms. The van der Waals surface area contributed by atoms with Crippen LogP contribution >= 0.6 is 11.6 Å². The van der Waals surface area contributed by atoms with Crippen molar-refractivity contribution in [2.24, 2.45) is 5.92 Å². The van der Waals surface area contributed by atoms with Crippen molar-refractivity contribution in [3.63, 3.8) is 0 Å². The van der Waals surface area contributed by atoms with E-state index in [1.54, 1.807) is 4.68 Å². The molecule has 0 aliphatic rings. The normalized spacial score (nSPS) is 11.0. The maximum atomic E-state index is 11.9. The summed E-state index contributed by atoms with van der Waals surface area (Å²) in [5.41, 5.74) is 0.555. The van der Waals surface area contributed by atoms with Crippen LogP contribution in [-0.2, 0) is 6.54 Å². The van der Waals surface area contributed by atoms with Gasteiger partial charge in [-0.3, -0.25) is 9.48 Å². The number of hydrogen-bond acceptors (Lipinski definition) is 2. The Morgan fingerprint density at radius 1 is 1.60 bits per heavy atom. The third-order valence-corrected chi connectivity index (χ3v) is 2.58. The molecule has 3 nitrogen and oxygen atoms in total. The third kappa shape index (κ3) is 3.06. The molecule has 0 bridgehead atoms. The quantitative estimate of drug-likeness (QED) is 0.726. The average Bonchev–Trinajstić information content (AvgIpc) is 2.56. The van der Waals surface area contributed by atoms with Crippen LogP contribution in [0.1, 0.15) is 44.1 Å². The van der Waals surface area contributed by atoms with Crippen molar-refractivity contribution in [1.82, 2.24) is 9.78 Å². The van der Waals surface area contributed by atoms with E-state index >= 15 is 0 Å². The SMILES string of the molecule is CCn1ncc(Cl)c1C(=O)CCC(C)C. The van der Waals surface area contributed by atoms with Gasteiger partial charge in [-0.25, -0.2) is 0 Å². The lowest BCUT2D eigenvalue weighted by molar-refractivity contribution is 0.0965. The average molecular weight is 229 g/mol. The van der Waals surface area contributed by atoms with Crippen molar-refractivity contribution < 1.29 is 4.79 Å². The van der Waals surface area contributed by atoms with Crippen molar-refractivity contribution in [3.05, 3.63) is 16.9 Å². The minimum atomic E-state index is 0.0908. The molecule has 0 unspecified atom stereocenters. The zero-order chi connectivity index (χ0) is 11.4. The van der Waals surface area contributed by atoms with E-state index in [1.165, 1.54) is 6.20 Å². The molecule has 1 aromatic heterocycles. The second kappa shape index (κ2) is 5.31. The molecule has 15 heavy (non-hydrogen) atoms. The number of aromatic nitrogens is 2. The lowest BCUT2D eigenvalue weighted by Gasteiger charge is -2.06. The summed E-state index contributed by atoms with van der Waals surface area (Å²) in [4.78, 5) is 11.9. The van der Waals surface area contributed by atoms with Gasteiger partial charge in [0.15, 0.2) is 5.78 Å². The number of Topliss-reactive ketones (excluding diaryl/α,β-unsaturated/α-hetero) is 1. The fourth-order valence-corrected chi connectivity index (χ4v) is 1.66. The molecule has 0 fully saturated rings. The first-order valence-corrected chi connectivity index (χ1v) is 5.68. The lowest BCUT2D eigenvalue weighted by Crippen LogP contribution is -2.10. The summed E-state index contributed by atoms with van der Waals surface area (Å²) < 4.78 is 1.66. The number of halogens is 1. The van der Waals surface area contributed by atoms with Crippen LogP contribution in [-0.4, -0.2) is 15.6 Å². The maximum absolute atomic E-state index is 11.9. The predicted octanol–water partition coefficient (Wildman–Crippen LogP) is 3.18. The summed E-state index contributed by atoms with van der Waals surface area (Å²) in [7, 11) is 0. The largest absolute Gasteiger partial charge is 0.292 e. The molecule has 0 saturated heterocycles. The molecule has 0 amide bonds. The zero-order valence-corrected chi connectivity index (χ0v) is 10.2. The molecule has 0 saturated carbocycles. The molecule has 0 aliphatic carbocycles. The van der Waals surface area contributed by atoms with Crippen LogP contribution in [0, 0.1) is 5.92 Å². The molecule has 1 aromatic rings. The van der Waals surface area contributed by atoms with E-state index < -0.39 is 0 Å². The highest BCUT2D eigenvalue weighted by atomic mass is 35.5. The maximum Gasteiger partial charge on any atom is 0.182 e. The number of hydrogen-bond donors (Lipinski definition) is 0. The minimum absolute atomic E-state index is 0.0908. The third-order valence-electron chi connectivity index (χ3n) is 2.31. The molecule has 84 valence electrons. The Bertz CT molecular complexity index is 344. The summed E-state index contributed by atoms with van der Waals surface area (Å²) in [6, 6.07) is 0. The first-order valence-electron chi connectivity index (χ1n) is 5.30. The Morgan fingerprint density at radius 2 is 2.27 bits per heavy atom. The molecule has 0 N–H and O–H groups in total. The number of aryl methyl sites for hydroxylation is 1. The standard InChI is InChI=1S/C11H17ClN2O/c1-4-14-11(9(12)7-13-14)10(15)6-5-8(2)3/h7-8H,4-6H2,1-3H3. The van der Waals surface area contributed by atoms with Gasteiger partial charge in [-0.05, 0) is 19.3 Å². The number of ketones is 1. The number of nitrogens with zero attached hydrogens (tertiary/aromatic N) is 2. The van der Waals surface area contributed by atoms with Gasteiger partial charge >= 0.3 is 0 Å².